The molecule has 4 rings (SSSR count). The van der Waals surface area contributed by atoms with Crippen LogP contribution in [0.15, 0.2) is 46.5 Å². The molecule has 1 aliphatic carbocycles. The molecule has 0 radical (unpaired) electrons. The monoisotopic (exact) mass is 400 g/mol. The zero-order valence-electron chi connectivity index (χ0n) is 15.4. The van der Waals surface area contributed by atoms with Crippen molar-refractivity contribution in [2.24, 2.45) is 0 Å². The molecule has 4 bridgehead atoms. The Labute approximate surface area is 169 Å². The molecule has 0 N–H and O–H groups in total. The van der Waals surface area contributed by atoms with Crippen LogP contribution in [0.4, 0.5) is 0 Å². The topological polar surface area (TPSA) is 44.2 Å². The van der Waals surface area contributed by atoms with Crippen molar-refractivity contribution in [1.82, 2.24) is 9.97 Å². The molecular weight excluding hydrogens is 376 g/mol. The minimum absolute atomic E-state index is 0.632. The van der Waals surface area contributed by atoms with Gasteiger partial charge in [0.1, 0.15) is 5.03 Å². The predicted molar refractivity (Wildman–Crippen MR) is 112 cm³/mol. The fourth-order valence-electron chi connectivity index (χ4n) is 3.27. The number of rotatable bonds is 0. The van der Waals surface area contributed by atoms with Crippen LogP contribution in [-0.2, 0) is 22.3 Å². The van der Waals surface area contributed by atoms with Gasteiger partial charge < -0.3 is 9.47 Å². The standard InChI is InChI=1S/C21H24N2O2S2/c1-2-10-25-12-14-27-21-17-6-3-5-16(17)15-19(23-21)18-7-4-8-20(22-18)26-13-11-24-9-1/h1-2,4,7-8,15H,3,5-6,9-14H2/b2-1-. The van der Waals surface area contributed by atoms with E-state index in [9.17, 15) is 0 Å². The molecule has 0 atom stereocenters. The van der Waals surface area contributed by atoms with E-state index in [2.05, 4.69) is 24.3 Å². The van der Waals surface area contributed by atoms with Crippen molar-refractivity contribution in [2.45, 2.75) is 29.3 Å². The maximum absolute atomic E-state index is 5.70. The van der Waals surface area contributed by atoms with Crippen LogP contribution in [0.25, 0.3) is 11.4 Å². The lowest BCUT2D eigenvalue weighted by atomic mass is 10.1. The number of aryl methyl sites for hydroxylation is 1. The summed E-state index contributed by atoms with van der Waals surface area (Å²) in [7, 11) is 0. The van der Waals surface area contributed by atoms with E-state index in [0.29, 0.717) is 19.8 Å². The normalized spacial score (nSPS) is 19.7. The van der Waals surface area contributed by atoms with Crippen LogP contribution in [0.3, 0.4) is 0 Å². The molecule has 0 aromatic carbocycles. The predicted octanol–water partition coefficient (Wildman–Crippen LogP) is 4.42. The molecule has 142 valence electrons. The van der Waals surface area contributed by atoms with E-state index in [1.165, 1.54) is 17.5 Å². The third-order valence-electron chi connectivity index (χ3n) is 4.58. The lowest BCUT2D eigenvalue weighted by Crippen LogP contribution is -2.02. The Morgan fingerprint density at radius 3 is 2.52 bits per heavy atom. The van der Waals surface area contributed by atoms with Crippen LogP contribution in [0.2, 0.25) is 0 Å². The number of fused-ring (bicyclic) bond motifs is 7. The number of nitrogens with zero attached hydrogens (tertiary/aromatic N) is 2. The largest absolute Gasteiger partial charge is 0.377 e. The van der Waals surface area contributed by atoms with Crippen molar-refractivity contribution in [1.29, 1.82) is 0 Å². The van der Waals surface area contributed by atoms with Gasteiger partial charge in [0, 0.05) is 11.5 Å². The molecule has 3 heterocycles. The van der Waals surface area contributed by atoms with Gasteiger partial charge in [-0.3, -0.25) is 0 Å². The van der Waals surface area contributed by atoms with Crippen molar-refractivity contribution < 1.29 is 9.47 Å². The van der Waals surface area contributed by atoms with Crippen LogP contribution < -0.4 is 0 Å². The minimum Gasteiger partial charge on any atom is -0.377 e. The molecule has 0 fully saturated rings. The first-order valence-corrected chi connectivity index (χ1v) is 11.4. The Hall–Kier alpha value is -1.34. The number of hydrogen-bond acceptors (Lipinski definition) is 6. The highest BCUT2D eigenvalue weighted by Crippen LogP contribution is 2.34. The van der Waals surface area contributed by atoms with E-state index >= 15 is 0 Å². The Balaban J connectivity index is 1.61. The smallest absolute Gasteiger partial charge is 0.100 e. The summed E-state index contributed by atoms with van der Waals surface area (Å²) in [4.78, 5) is 9.81. The van der Waals surface area contributed by atoms with Gasteiger partial charge in [-0.2, -0.15) is 0 Å². The Morgan fingerprint density at radius 1 is 0.852 bits per heavy atom. The van der Waals surface area contributed by atoms with E-state index < -0.39 is 0 Å². The van der Waals surface area contributed by atoms with Gasteiger partial charge in [0.15, 0.2) is 0 Å². The van der Waals surface area contributed by atoms with Crippen molar-refractivity contribution in [3.8, 4) is 11.4 Å². The molecular formula is C21H24N2O2S2. The second kappa shape index (κ2) is 9.73. The molecule has 0 saturated carbocycles. The van der Waals surface area contributed by atoms with E-state index in [1.807, 2.05) is 12.2 Å². The Morgan fingerprint density at radius 2 is 1.67 bits per heavy atom. The van der Waals surface area contributed by atoms with E-state index in [4.69, 9.17) is 19.4 Å². The van der Waals surface area contributed by atoms with Crippen molar-refractivity contribution >= 4 is 23.5 Å². The Bertz CT molecular complexity index is 811. The summed E-state index contributed by atoms with van der Waals surface area (Å²) in [5.41, 5.74) is 4.81. The van der Waals surface area contributed by atoms with Gasteiger partial charge in [-0.05, 0) is 48.6 Å². The van der Waals surface area contributed by atoms with Crippen LogP contribution in [0.5, 0.6) is 0 Å². The van der Waals surface area contributed by atoms with E-state index in [1.54, 1.807) is 23.5 Å². The van der Waals surface area contributed by atoms with Gasteiger partial charge in [-0.15, -0.1) is 23.5 Å². The summed E-state index contributed by atoms with van der Waals surface area (Å²) in [6, 6.07) is 8.44. The third-order valence-corrected chi connectivity index (χ3v) is 6.45. The molecule has 0 spiro atoms. The van der Waals surface area contributed by atoms with E-state index in [-0.39, 0.29) is 0 Å². The summed E-state index contributed by atoms with van der Waals surface area (Å²) in [6.45, 7) is 2.70. The number of aromatic nitrogens is 2. The lowest BCUT2D eigenvalue weighted by molar-refractivity contribution is 0.171. The lowest BCUT2D eigenvalue weighted by Gasteiger charge is -2.11. The molecule has 4 nitrogen and oxygen atoms in total. The minimum atomic E-state index is 0.632. The summed E-state index contributed by atoms with van der Waals surface area (Å²) in [5.74, 6) is 1.80. The number of pyridine rings is 2. The fraction of sp³-hybridized carbons (Fsp3) is 0.429. The quantitative estimate of drug-likeness (QED) is 0.610. The zero-order chi connectivity index (χ0) is 18.3. The summed E-state index contributed by atoms with van der Waals surface area (Å²) >= 11 is 3.53. The molecule has 27 heavy (non-hydrogen) atoms. The SMILES string of the molecule is C1=C\COCCSc2nc(cc3c2CCC3)-c2cccc(n2)SCCOC/1. The average Bonchev–Trinajstić information content (AvgIpc) is 3.17. The first kappa shape index (κ1) is 19.0. The van der Waals surface area contributed by atoms with Gasteiger partial charge in [0.25, 0.3) is 0 Å². The summed E-state index contributed by atoms with van der Waals surface area (Å²) in [6.07, 6.45) is 7.56. The Kier molecular flexibility index (Phi) is 6.85. The van der Waals surface area contributed by atoms with Crippen molar-refractivity contribution in [2.75, 3.05) is 37.9 Å². The number of ether oxygens (including phenoxy) is 2. The molecule has 6 heteroatoms. The molecule has 0 saturated heterocycles. The number of hydrogen-bond donors (Lipinski definition) is 0. The summed E-state index contributed by atoms with van der Waals surface area (Å²) < 4.78 is 11.3. The molecule has 0 unspecified atom stereocenters. The second-order valence-electron chi connectivity index (χ2n) is 6.48. The van der Waals surface area contributed by atoms with E-state index in [0.717, 1.165) is 52.4 Å². The maximum Gasteiger partial charge on any atom is 0.100 e. The first-order valence-electron chi connectivity index (χ1n) is 9.46. The molecule has 1 aliphatic heterocycles. The summed E-state index contributed by atoms with van der Waals surface area (Å²) in [5, 5.41) is 2.19. The fourth-order valence-corrected chi connectivity index (χ4v) is 4.99. The highest BCUT2D eigenvalue weighted by atomic mass is 32.2. The molecule has 2 aromatic rings. The zero-order valence-corrected chi connectivity index (χ0v) is 17.0. The van der Waals surface area contributed by atoms with Crippen molar-refractivity contribution in [3.05, 3.63) is 47.5 Å². The van der Waals surface area contributed by atoms with Gasteiger partial charge in [0.2, 0.25) is 0 Å². The van der Waals surface area contributed by atoms with Gasteiger partial charge >= 0.3 is 0 Å². The highest BCUT2D eigenvalue weighted by Gasteiger charge is 2.19. The van der Waals surface area contributed by atoms with Crippen LogP contribution >= 0.6 is 23.5 Å². The van der Waals surface area contributed by atoms with Gasteiger partial charge in [0.05, 0.1) is 42.8 Å². The first-order chi connectivity index (χ1) is 13.4. The molecule has 2 aromatic heterocycles. The van der Waals surface area contributed by atoms with Crippen LogP contribution in [0, 0.1) is 0 Å². The highest BCUT2D eigenvalue weighted by molar-refractivity contribution is 7.99. The van der Waals surface area contributed by atoms with Crippen LogP contribution in [-0.4, -0.2) is 47.9 Å². The second-order valence-corrected chi connectivity index (χ2v) is 8.68. The maximum atomic E-state index is 5.70. The third kappa shape index (κ3) is 5.13. The molecule has 0 amide bonds. The molecule has 2 aliphatic rings. The number of thioether (sulfide) groups is 2. The average molecular weight is 401 g/mol. The van der Waals surface area contributed by atoms with Gasteiger partial charge in [-0.25, -0.2) is 9.97 Å². The van der Waals surface area contributed by atoms with Gasteiger partial charge in [-0.1, -0.05) is 18.2 Å². The van der Waals surface area contributed by atoms with Crippen LogP contribution in [0.1, 0.15) is 17.5 Å². The van der Waals surface area contributed by atoms with Crippen molar-refractivity contribution in [3.63, 3.8) is 0 Å².